The van der Waals surface area contributed by atoms with E-state index in [9.17, 15) is 4.79 Å². The number of hydrogen-bond donors (Lipinski definition) is 1. The molecule has 0 spiro atoms. The number of aryl methyl sites for hydroxylation is 2. The highest BCUT2D eigenvalue weighted by Gasteiger charge is 2.12. The number of aromatic nitrogens is 1. The van der Waals surface area contributed by atoms with Crippen LogP contribution in [0.15, 0.2) is 47.0 Å². The summed E-state index contributed by atoms with van der Waals surface area (Å²) in [6.45, 7) is 4.02. The van der Waals surface area contributed by atoms with Gasteiger partial charge in [-0.3, -0.25) is 4.79 Å². The molecule has 0 aliphatic rings. The third-order valence-corrected chi connectivity index (χ3v) is 4.90. The summed E-state index contributed by atoms with van der Waals surface area (Å²) in [5.74, 6) is 1.52. The molecule has 0 aliphatic carbocycles. The smallest absolute Gasteiger partial charge is 0.248 e. The minimum Gasteiger partial charge on any atom is -0.493 e. The van der Waals surface area contributed by atoms with Crippen LogP contribution in [0, 0.1) is 13.8 Å². The maximum absolute atomic E-state index is 12.2. The molecule has 6 nitrogen and oxygen atoms in total. The van der Waals surface area contributed by atoms with Crippen LogP contribution in [0.5, 0.6) is 11.5 Å². The van der Waals surface area contributed by atoms with Crippen molar-refractivity contribution in [2.45, 2.75) is 20.5 Å². The largest absolute Gasteiger partial charge is 0.493 e. The first-order valence-electron chi connectivity index (χ1n) is 9.04. The summed E-state index contributed by atoms with van der Waals surface area (Å²) in [7, 11) is 1.56. The van der Waals surface area contributed by atoms with Gasteiger partial charge in [0.15, 0.2) is 11.5 Å². The Morgan fingerprint density at radius 3 is 2.63 bits per heavy atom. The number of hydrogen-bond acceptors (Lipinski definition) is 5. The number of carbonyl (C=O) groups excluding carboxylic acids is 1. The molecule has 3 rings (SSSR count). The maximum atomic E-state index is 12.2. The minimum atomic E-state index is -0.322. The first-order chi connectivity index (χ1) is 14.4. The molecule has 0 bridgehead atoms. The zero-order valence-electron chi connectivity index (χ0n) is 16.7. The van der Waals surface area contributed by atoms with E-state index in [2.05, 4.69) is 10.5 Å². The Morgan fingerprint density at radius 1 is 1.17 bits per heavy atom. The van der Waals surface area contributed by atoms with E-state index in [1.807, 2.05) is 19.9 Å². The number of methoxy groups -OCH3 is 1. The fraction of sp³-hybridized carbons (Fsp3) is 0.182. The van der Waals surface area contributed by atoms with Crippen LogP contribution in [0.4, 0.5) is 5.69 Å². The lowest BCUT2D eigenvalue weighted by Gasteiger charge is -2.11. The van der Waals surface area contributed by atoms with E-state index in [0.29, 0.717) is 33.8 Å². The van der Waals surface area contributed by atoms with Crippen LogP contribution < -0.4 is 14.8 Å². The number of amides is 1. The summed E-state index contributed by atoms with van der Waals surface area (Å²) in [4.78, 5) is 12.2. The standard InChI is InChI=1S/C22H20Cl2N2O4/c1-13-17(14(2)30-26-13)12-29-20-8-4-15(10-21(20)28-3)5-9-22(27)25-19-7-6-16(23)11-18(19)24/h4-11H,12H2,1-3H3,(H,25,27). The Labute approximate surface area is 184 Å². The molecule has 0 unspecified atom stereocenters. The summed E-state index contributed by atoms with van der Waals surface area (Å²) in [6, 6.07) is 10.2. The van der Waals surface area contributed by atoms with Crippen molar-refractivity contribution in [3.05, 3.63) is 75.1 Å². The molecule has 0 saturated carbocycles. The van der Waals surface area contributed by atoms with Gasteiger partial charge in [0.2, 0.25) is 5.91 Å². The van der Waals surface area contributed by atoms with Crippen molar-refractivity contribution in [2.24, 2.45) is 0 Å². The summed E-state index contributed by atoms with van der Waals surface area (Å²) in [6.07, 6.45) is 3.07. The molecule has 0 atom stereocenters. The Hall–Kier alpha value is -2.96. The van der Waals surface area contributed by atoms with Crippen molar-refractivity contribution >= 4 is 40.9 Å². The summed E-state index contributed by atoms with van der Waals surface area (Å²) in [5.41, 5.74) is 2.95. The molecule has 1 heterocycles. The zero-order valence-corrected chi connectivity index (χ0v) is 18.2. The number of nitrogens with one attached hydrogen (secondary N) is 1. The number of rotatable bonds is 7. The predicted molar refractivity (Wildman–Crippen MR) is 117 cm³/mol. The van der Waals surface area contributed by atoms with Gasteiger partial charge >= 0.3 is 0 Å². The Kier molecular flexibility index (Phi) is 7.03. The van der Waals surface area contributed by atoms with Gasteiger partial charge in [0.05, 0.1) is 29.1 Å². The molecular formula is C22H20Cl2N2O4. The van der Waals surface area contributed by atoms with Crippen LogP contribution in [0.25, 0.3) is 6.08 Å². The first-order valence-corrected chi connectivity index (χ1v) is 9.79. The van der Waals surface area contributed by atoms with Crippen LogP contribution in [-0.4, -0.2) is 18.2 Å². The fourth-order valence-corrected chi connectivity index (χ4v) is 3.16. The van der Waals surface area contributed by atoms with Crippen molar-refractivity contribution in [1.82, 2.24) is 5.16 Å². The molecule has 1 amide bonds. The molecule has 3 aromatic rings. The molecule has 1 N–H and O–H groups in total. The maximum Gasteiger partial charge on any atom is 0.248 e. The fourth-order valence-electron chi connectivity index (χ4n) is 2.70. The van der Waals surface area contributed by atoms with Gasteiger partial charge in [-0.1, -0.05) is 34.4 Å². The van der Waals surface area contributed by atoms with Crippen molar-refractivity contribution < 1.29 is 18.8 Å². The predicted octanol–water partition coefficient (Wildman–Crippen LogP) is 5.84. The summed E-state index contributed by atoms with van der Waals surface area (Å²) in [5, 5.41) is 7.49. The van der Waals surface area contributed by atoms with Crippen LogP contribution >= 0.6 is 23.2 Å². The monoisotopic (exact) mass is 446 g/mol. The number of anilines is 1. The SMILES string of the molecule is COc1cc(C=CC(=O)Nc2ccc(Cl)cc2Cl)ccc1OCc1c(C)noc1C. The van der Waals surface area contributed by atoms with E-state index in [1.54, 1.807) is 43.5 Å². The summed E-state index contributed by atoms with van der Waals surface area (Å²) >= 11 is 11.9. The topological polar surface area (TPSA) is 73.6 Å². The normalized spacial score (nSPS) is 11.0. The number of nitrogens with zero attached hydrogens (tertiary/aromatic N) is 1. The molecule has 1 aromatic heterocycles. The number of halogens is 2. The molecule has 0 saturated heterocycles. The number of ether oxygens (including phenoxy) is 2. The van der Waals surface area contributed by atoms with Gasteiger partial charge in [-0.2, -0.15) is 0 Å². The van der Waals surface area contributed by atoms with Gasteiger partial charge in [0.25, 0.3) is 0 Å². The molecule has 30 heavy (non-hydrogen) atoms. The van der Waals surface area contributed by atoms with Crippen molar-refractivity contribution in [3.8, 4) is 11.5 Å². The third-order valence-electron chi connectivity index (χ3n) is 4.36. The molecule has 8 heteroatoms. The highest BCUT2D eigenvalue weighted by molar-refractivity contribution is 6.36. The lowest BCUT2D eigenvalue weighted by molar-refractivity contribution is -0.111. The molecule has 0 radical (unpaired) electrons. The lowest BCUT2D eigenvalue weighted by atomic mass is 10.1. The summed E-state index contributed by atoms with van der Waals surface area (Å²) < 4.78 is 16.4. The van der Waals surface area contributed by atoms with E-state index < -0.39 is 0 Å². The molecule has 156 valence electrons. The van der Waals surface area contributed by atoms with E-state index in [0.717, 1.165) is 22.6 Å². The molecule has 2 aromatic carbocycles. The molecular weight excluding hydrogens is 427 g/mol. The van der Waals surface area contributed by atoms with Crippen molar-refractivity contribution in [2.75, 3.05) is 12.4 Å². The quantitative estimate of drug-likeness (QED) is 0.461. The number of benzene rings is 2. The van der Waals surface area contributed by atoms with E-state index in [4.69, 9.17) is 37.2 Å². The van der Waals surface area contributed by atoms with E-state index in [-0.39, 0.29) is 5.91 Å². The lowest BCUT2D eigenvalue weighted by Crippen LogP contribution is -2.08. The van der Waals surface area contributed by atoms with E-state index in [1.165, 1.54) is 6.08 Å². The second-order valence-electron chi connectivity index (χ2n) is 6.45. The van der Waals surface area contributed by atoms with Gasteiger partial charge in [-0.15, -0.1) is 0 Å². The second-order valence-corrected chi connectivity index (χ2v) is 7.29. The Morgan fingerprint density at radius 2 is 1.97 bits per heavy atom. The first kappa shape index (κ1) is 21.7. The van der Waals surface area contributed by atoms with Gasteiger partial charge < -0.3 is 19.3 Å². The molecule has 0 fully saturated rings. The number of carbonyl (C=O) groups is 1. The van der Waals surface area contributed by atoms with Gasteiger partial charge in [0.1, 0.15) is 12.4 Å². The third kappa shape index (κ3) is 5.34. The zero-order chi connectivity index (χ0) is 21.7. The Bertz CT molecular complexity index is 1070. The van der Waals surface area contributed by atoms with Gasteiger partial charge in [-0.05, 0) is 55.8 Å². The van der Waals surface area contributed by atoms with Crippen LogP contribution in [0.1, 0.15) is 22.6 Å². The highest BCUT2D eigenvalue weighted by atomic mass is 35.5. The minimum absolute atomic E-state index is 0.316. The van der Waals surface area contributed by atoms with E-state index >= 15 is 0 Å². The second kappa shape index (κ2) is 9.69. The van der Waals surface area contributed by atoms with Crippen molar-refractivity contribution in [1.29, 1.82) is 0 Å². The van der Waals surface area contributed by atoms with Crippen molar-refractivity contribution in [3.63, 3.8) is 0 Å². The van der Waals surface area contributed by atoms with Crippen LogP contribution in [-0.2, 0) is 11.4 Å². The van der Waals surface area contributed by atoms with Gasteiger partial charge in [-0.25, -0.2) is 0 Å². The average Bonchev–Trinajstić information content (AvgIpc) is 3.04. The van der Waals surface area contributed by atoms with Crippen LogP contribution in [0.3, 0.4) is 0 Å². The van der Waals surface area contributed by atoms with Gasteiger partial charge in [0, 0.05) is 11.1 Å². The molecule has 0 aliphatic heterocycles. The van der Waals surface area contributed by atoms with Crippen LogP contribution in [0.2, 0.25) is 10.0 Å². The highest BCUT2D eigenvalue weighted by Crippen LogP contribution is 2.30. The Balaban J connectivity index is 1.67. The average molecular weight is 447 g/mol.